The van der Waals surface area contributed by atoms with Crippen molar-refractivity contribution < 1.29 is 4.63 Å². The molecule has 2 aliphatic heterocycles. The van der Waals surface area contributed by atoms with Gasteiger partial charge in [0.05, 0.1) is 18.7 Å². The summed E-state index contributed by atoms with van der Waals surface area (Å²) in [5, 5.41) is 22.1. The summed E-state index contributed by atoms with van der Waals surface area (Å²) in [6.07, 6.45) is 3.94. The van der Waals surface area contributed by atoms with E-state index in [4.69, 9.17) is 11.2 Å². The zero-order valence-electron chi connectivity index (χ0n) is 14.0. The second-order valence-electron chi connectivity index (χ2n) is 6.69. The van der Waals surface area contributed by atoms with Gasteiger partial charge in [0.2, 0.25) is 0 Å². The molecule has 3 N–H and O–H groups in total. The lowest BCUT2D eigenvalue weighted by molar-refractivity contribution is 0.315. The van der Waals surface area contributed by atoms with E-state index >= 15 is 0 Å². The van der Waals surface area contributed by atoms with E-state index < -0.39 is 0 Å². The second kappa shape index (κ2) is 5.97. The standard InChI is InChI=1S/C18H17N7O/c1-19-17-14(11-5-2-6-13-16(11)25-26-24-13)12-9-21-23-18(12)22-15(17)10-4-3-7-20-8-10/h2,5-6,9-10,14,20H,3-4,7-8H2,(H2,21,22,23). The first-order valence-electron chi connectivity index (χ1n) is 8.70. The van der Waals surface area contributed by atoms with E-state index in [9.17, 15) is 0 Å². The van der Waals surface area contributed by atoms with Crippen LogP contribution < -0.4 is 10.6 Å². The molecule has 1 saturated heterocycles. The number of nitrogens with zero attached hydrogens (tertiary/aromatic N) is 4. The van der Waals surface area contributed by atoms with Gasteiger partial charge in [0.15, 0.2) is 5.70 Å². The Morgan fingerprint density at radius 3 is 3.04 bits per heavy atom. The quantitative estimate of drug-likeness (QED) is 0.617. The molecule has 1 fully saturated rings. The van der Waals surface area contributed by atoms with Gasteiger partial charge in [-0.15, -0.1) is 0 Å². The number of hydrogen-bond acceptors (Lipinski definition) is 6. The van der Waals surface area contributed by atoms with Crippen LogP contribution in [0.4, 0.5) is 5.82 Å². The second-order valence-corrected chi connectivity index (χ2v) is 6.69. The van der Waals surface area contributed by atoms with Crippen LogP contribution in [0.15, 0.2) is 40.4 Å². The smallest absolute Gasteiger partial charge is 0.196 e. The molecule has 2 aliphatic rings. The fourth-order valence-electron chi connectivity index (χ4n) is 4.02. The van der Waals surface area contributed by atoms with Gasteiger partial charge in [-0.05, 0) is 41.3 Å². The van der Waals surface area contributed by atoms with Gasteiger partial charge in [-0.25, -0.2) is 9.47 Å². The lowest BCUT2D eigenvalue weighted by Gasteiger charge is -2.32. The number of piperidine rings is 1. The minimum absolute atomic E-state index is 0.241. The Kier molecular flexibility index (Phi) is 3.47. The number of nitrogens with one attached hydrogen (secondary N) is 3. The van der Waals surface area contributed by atoms with Crippen molar-refractivity contribution in [3.8, 4) is 0 Å². The lowest BCUT2D eigenvalue weighted by Crippen LogP contribution is -2.34. The number of allylic oxidation sites excluding steroid dienone is 1. The highest BCUT2D eigenvalue weighted by molar-refractivity contribution is 5.80. The van der Waals surface area contributed by atoms with E-state index in [1.807, 2.05) is 18.2 Å². The Morgan fingerprint density at radius 1 is 1.23 bits per heavy atom. The fraction of sp³-hybridized carbons (Fsp3) is 0.333. The molecule has 4 heterocycles. The highest BCUT2D eigenvalue weighted by Gasteiger charge is 2.36. The highest BCUT2D eigenvalue weighted by Crippen LogP contribution is 2.45. The largest absolute Gasteiger partial charge is 0.354 e. The number of benzene rings is 1. The number of hydrogen-bond donors (Lipinski definition) is 3. The maximum Gasteiger partial charge on any atom is 0.196 e. The average molecular weight is 347 g/mol. The summed E-state index contributed by atoms with van der Waals surface area (Å²) in [7, 11) is 0. The number of aromatic nitrogens is 4. The molecule has 8 heteroatoms. The molecule has 5 rings (SSSR count). The molecule has 26 heavy (non-hydrogen) atoms. The summed E-state index contributed by atoms with van der Waals surface area (Å²) >= 11 is 0. The molecule has 0 amide bonds. The normalized spacial score (nSPS) is 22.7. The molecule has 0 spiro atoms. The summed E-state index contributed by atoms with van der Waals surface area (Å²) in [4.78, 5) is 3.95. The topological polar surface area (TPSA) is 96.0 Å². The highest BCUT2D eigenvalue weighted by atomic mass is 16.6. The third-order valence-corrected chi connectivity index (χ3v) is 5.24. The number of fused-ring (bicyclic) bond motifs is 2. The van der Waals surface area contributed by atoms with Gasteiger partial charge in [-0.3, -0.25) is 5.10 Å². The van der Waals surface area contributed by atoms with Crippen LogP contribution in [0.2, 0.25) is 0 Å². The third kappa shape index (κ3) is 2.21. The molecule has 0 saturated carbocycles. The Morgan fingerprint density at radius 2 is 2.19 bits per heavy atom. The van der Waals surface area contributed by atoms with Crippen molar-refractivity contribution in [3.63, 3.8) is 0 Å². The number of aromatic amines is 1. The SMILES string of the molecule is [C-]#[N+]C1=C(C2CCCNC2)Nc2[nH]ncc2C1c1cccc2nonc12. The Hall–Kier alpha value is -3.18. The Labute approximate surface area is 149 Å². The van der Waals surface area contributed by atoms with Crippen LogP contribution in [0.25, 0.3) is 15.9 Å². The van der Waals surface area contributed by atoms with Crippen LogP contribution in [0.3, 0.4) is 0 Å². The Balaban J connectivity index is 1.72. The summed E-state index contributed by atoms with van der Waals surface area (Å²) < 4.78 is 4.94. The predicted octanol–water partition coefficient (Wildman–Crippen LogP) is 2.63. The molecule has 0 aliphatic carbocycles. The number of anilines is 1. The van der Waals surface area contributed by atoms with Crippen molar-refractivity contribution in [1.82, 2.24) is 25.8 Å². The first kappa shape index (κ1) is 15.1. The summed E-state index contributed by atoms with van der Waals surface area (Å²) in [5.41, 5.74) is 4.91. The van der Waals surface area contributed by atoms with Crippen molar-refractivity contribution in [2.24, 2.45) is 5.92 Å². The van der Waals surface area contributed by atoms with Gasteiger partial charge in [-0.1, -0.05) is 12.1 Å². The van der Waals surface area contributed by atoms with E-state index in [0.29, 0.717) is 16.7 Å². The predicted molar refractivity (Wildman–Crippen MR) is 95.1 cm³/mol. The average Bonchev–Trinajstić information content (AvgIpc) is 3.36. The number of H-pyrrole nitrogens is 1. The number of rotatable bonds is 2. The van der Waals surface area contributed by atoms with Gasteiger partial charge in [0.1, 0.15) is 16.9 Å². The van der Waals surface area contributed by atoms with Gasteiger partial charge < -0.3 is 10.6 Å². The molecule has 8 nitrogen and oxygen atoms in total. The fourth-order valence-corrected chi connectivity index (χ4v) is 4.02. The molecule has 0 bridgehead atoms. The molecular formula is C18H17N7O. The zero-order valence-corrected chi connectivity index (χ0v) is 14.0. The molecule has 0 radical (unpaired) electrons. The minimum atomic E-state index is -0.241. The van der Waals surface area contributed by atoms with Crippen molar-refractivity contribution >= 4 is 16.9 Å². The zero-order chi connectivity index (χ0) is 17.5. The lowest BCUT2D eigenvalue weighted by atomic mass is 9.82. The summed E-state index contributed by atoms with van der Waals surface area (Å²) in [5.74, 6) is 0.882. The van der Waals surface area contributed by atoms with E-state index in [2.05, 4.69) is 36.0 Å². The minimum Gasteiger partial charge on any atom is -0.354 e. The van der Waals surface area contributed by atoms with Crippen LogP contribution in [0.5, 0.6) is 0 Å². The summed E-state index contributed by atoms with van der Waals surface area (Å²) in [6, 6.07) is 5.77. The molecule has 130 valence electrons. The molecule has 2 atom stereocenters. The monoisotopic (exact) mass is 347 g/mol. The van der Waals surface area contributed by atoms with E-state index in [-0.39, 0.29) is 11.8 Å². The molecular weight excluding hydrogens is 330 g/mol. The van der Waals surface area contributed by atoms with Gasteiger partial charge in [-0.2, -0.15) is 5.10 Å². The first-order valence-corrected chi connectivity index (χ1v) is 8.70. The first-order chi connectivity index (χ1) is 12.9. The van der Waals surface area contributed by atoms with Crippen molar-refractivity contribution in [2.45, 2.75) is 18.8 Å². The van der Waals surface area contributed by atoms with Gasteiger partial charge >= 0.3 is 0 Å². The van der Waals surface area contributed by atoms with Crippen LogP contribution in [0.1, 0.15) is 29.9 Å². The van der Waals surface area contributed by atoms with E-state index in [0.717, 1.165) is 48.6 Å². The van der Waals surface area contributed by atoms with Crippen LogP contribution >= 0.6 is 0 Å². The van der Waals surface area contributed by atoms with Crippen LogP contribution in [0, 0.1) is 12.5 Å². The molecule has 2 aromatic heterocycles. The van der Waals surface area contributed by atoms with Crippen LogP contribution in [-0.2, 0) is 0 Å². The van der Waals surface area contributed by atoms with Crippen molar-refractivity contribution in [2.75, 3.05) is 18.4 Å². The maximum absolute atomic E-state index is 7.91. The molecule has 1 aromatic carbocycles. The maximum atomic E-state index is 7.91. The summed E-state index contributed by atoms with van der Waals surface area (Å²) in [6.45, 7) is 9.80. The van der Waals surface area contributed by atoms with Crippen molar-refractivity contribution in [3.05, 3.63) is 58.3 Å². The van der Waals surface area contributed by atoms with E-state index in [1.54, 1.807) is 6.20 Å². The van der Waals surface area contributed by atoms with E-state index in [1.165, 1.54) is 0 Å². The van der Waals surface area contributed by atoms with Gasteiger partial charge in [0.25, 0.3) is 0 Å². The Bertz CT molecular complexity index is 1040. The molecule has 3 aromatic rings. The van der Waals surface area contributed by atoms with Gasteiger partial charge in [0, 0.05) is 23.7 Å². The third-order valence-electron chi connectivity index (χ3n) is 5.24. The van der Waals surface area contributed by atoms with Crippen molar-refractivity contribution in [1.29, 1.82) is 0 Å². The van der Waals surface area contributed by atoms with Crippen LogP contribution in [-0.4, -0.2) is 33.6 Å². The molecule has 2 unspecified atom stereocenters.